The number of carbonyl (C=O) groups excluding carboxylic acids is 1. The molecule has 1 aromatic carbocycles. The number of para-hydroxylation sites is 1. The van der Waals surface area contributed by atoms with E-state index in [1.54, 1.807) is 18.2 Å². The van der Waals surface area contributed by atoms with Crippen molar-refractivity contribution in [3.05, 3.63) is 39.9 Å². The van der Waals surface area contributed by atoms with Crippen molar-refractivity contribution < 1.29 is 9.72 Å². The van der Waals surface area contributed by atoms with Gasteiger partial charge in [-0.25, -0.2) is 0 Å². The van der Waals surface area contributed by atoms with E-state index in [1.165, 1.54) is 6.07 Å². The first-order chi connectivity index (χ1) is 9.08. The average Bonchev–Trinajstić information content (AvgIpc) is 2.83. The Morgan fingerprint density at radius 2 is 2.10 bits per heavy atom. The molecule has 1 aliphatic rings. The number of hydrogen-bond acceptors (Lipinski definition) is 4. The maximum absolute atomic E-state index is 11.9. The molecule has 0 saturated heterocycles. The van der Waals surface area contributed by atoms with E-state index in [9.17, 15) is 14.9 Å². The fourth-order valence-corrected chi connectivity index (χ4v) is 2.42. The molecule has 0 spiro atoms. The summed E-state index contributed by atoms with van der Waals surface area (Å²) in [6, 6.07) is 6.52. The van der Waals surface area contributed by atoms with Crippen molar-refractivity contribution in [2.45, 2.75) is 31.8 Å². The zero-order valence-corrected chi connectivity index (χ0v) is 11.8. The van der Waals surface area contributed by atoms with Gasteiger partial charge in [0.05, 0.1) is 4.92 Å². The van der Waals surface area contributed by atoms with E-state index in [0.29, 0.717) is 12.0 Å². The molecule has 7 heteroatoms. The summed E-state index contributed by atoms with van der Waals surface area (Å²) < 4.78 is 0. The van der Waals surface area contributed by atoms with E-state index < -0.39 is 4.92 Å². The highest BCUT2D eigenvalue weighted by molar-refractivity contribution is 5.85. The first-order valence-corrected chi connectivity index (χ1v) is 6.33. The van der Waals surface area contributed by atoms with Crippen molar-refractivity contribution >= 4 is 24.0 Å². The van der Waals surface area contributed by atoms with Crippen LogP contribution in [-0.2, 0) is 11.3 Å². The molecule has 2 rings (SSSR count). The Kier molecular flexibility index (Phi) is 5.91. The number of carbonyl (C=O) groups is 1. The number of nitrogens with one attached hydrogen (secondary N) is 1. The normalized spacial score (nSPS) is 21.1. The van der Waals surface area contributed by atoms with Gasteiger partial charge in [0.15, 0.2) is 0 Å². The van der Waals surface area contributed by atoms with Crippen LogP contribution in [-0.4, -0.2) is 16.9 Å². The lowest BCUT2D eigenvalue weighted by molar-refractivity contribution is -0.385. The number of nitrogens with two attached hydrogens (primary N) is 1. The van der Waals surface area contributed by atoms with Gasteiger partial charge in [-0.1, -0.05) is 18.2 Å². The smallest absolute Gasteiger partial charge is 0.274 e. The van der Waals surface area contributed by atoms with Gasteiger partial charge in [-0.15, -0.1) is 12.4 Å². The minimum absolute atomic E-state index is 0. The molecule has 0 bridgehead atoms. The Morgan fingerprint density at radius 3 is 2.70 bits per heavy atom. The summed E-state index contributed by atoms with van der Waals surface area (Å²) in [6.45, 7) is 0.182. The van der Waals surface area contributed by atoms with E-state index in [-0.39, 0.29) is 42.5 Å². The van der Waals surface area contributed by atoms with Crippen LogP contribution in [0.5, 0.6) is 0 Å². The second-order valence-corrected chi connectivity index (χ2v) is 4.87. The van der Waals surface area contributed by atoms with Gasteiger partial charge in [-0.2, -0.15) is 0 Å². The van der Waals surface area contributed by atoms with E-state index in [4.69, 9.17) is 5.73 Å². The van der Waals surface area contributed by atoms with E-state index in [2.05, 4.69) is 5.32 Å². The van der Waals surface area contributed by atoms with Gasteiger partial charge in [0.25, 0.3) is 5.69 Å². The number of halogens is 1. The zero-order chi connectivity index (χ0) is 13.8. The van der Waals surface area contributed by atoms with Crippen molar-refractivity contribution in [3.8, 4) is 0 Å². The molecule has 6 nitrogen and oxygen atoms in total. The molecule has 1 amide bonds. The standard InChI is InChI=1S/C13H17N3O3.ClH/c14-11-6-5-9(7-11)13(17)15-8-10-3-1-2-4-12(10)16(18)19;/h1-4,9,11H,5-8,14H2,(H,15,17);1H. The summed E-state index contributed by atoms with van der Waals surface area (Å²) in [5.74, 6) is -0.121. The van der Waals surface area contributed by atoms with Gasteiger partial charge in [-0.3, -0.25) is 14.9 Å². The lowest BCUT2D eigenvalue weighted by Gasteiger charge is -2.10. The first kappa shape index (κ1) is 16.4. The second-order valence-electron chi connectivity index (χ2n) is 4.87. The van der Waals surface area contributed by atoms with Crippen LogP contribution in [0.4, 0.5) is 5.69 Å². The Bertz CT molecular complexity index is 496. The highest BCUT2D eigenvalue weighted by Crippen LogP contribution is 2.24. The quantitative estimate of drug-likeness (QED) is 0.653. The van der Waals surface area contributed by atoms with E-state index in [1.807, 2.05) is 0 Å². The molecule has 110 valence electrons. The summed E-state index contributed by atoms with van der Waals surface area (Å²) >= 11 is 0. The highest BCUT2D eigenvalue weighted by Gasteiger charge is 2.27. The molecule has 0 aliphatic heterocycles. The first-order valence-electron chi connectivity index (χ1n) is 6.33. The maximum Gasteiger partial charge on any atom is 0.274 e. The van der Waals surface area contributed by atoms with Gasteiger partial charge >= 0.3 is 0 Å². The molecule has 3 N–H and O–H groups in total. The van der Waals surface area contributed by atoms with E-state index in [0.717, 1.165) is 12.8 Å². The van der Waals surface area contributed by atoms with Gasteiger partial charge in [0.2, 0.25) is 5.91 Å². The third-order valence-electron chi connectivity index (χ3n) is 3.49. The third-order valence-corrected chi connectivity index (χ3v) is 3.49. The molecular weight excluding hydrogens is 282 g/mol. The van der Waals surface area contributed by atoms with Gasteiger partial charge in [0, 0.05) is 30.1 Å². The Morgan fingerprint density at radius 1 is 1.40 bits per heavy atom. The molecule has 2 atom stereocenters. The number of nitro groups is 1. The molecule has 1 fully saturated rings. The molecule has 20 heavy (non-hydrogen) atoms. The van der Waals surface area contributed by atoms with Gasteiger partial charge < -0.3 is 11.1 Å². The summed E-state index contributed by atoms with van der Waals surface area (Å²) in [7, 11) is 0. The largest absolute Gasteiger partial charge is 0.352 e. The molecule has 2 unspecified atom stereocenters. The van der Waals surface area contributed by atoms with Crippen molar-refractivity contribution in [3.63, 3.8) is 0 Å². The molecule has 0 radical (unpaired) electrons. The average molecular weight is 300 g/mol. The van der Waals surface area contributed by atoms with Crippen molar-refractivity contribution in [1.82, 2.24) is 5.32 Å². The van der Waals surface area contributed by atoms with Crippen LogP contribution in [0.15, 0.2) is 24.3 Å². The molecule has 1 aromatic rings. The lowest BCUT2D eigenvalue weighted by Crippen LogP contribution is -2.30. The highest BCUT2D eigenvalue weighted by atomic mass is 35.5. The van der Waals surface area contributed by atoms with Crippen molar-refractivity contribution in [1.29, 1.82) is 0 Å². The van der Waals surface area contributed by atoms with Crippen LogP contribution in [0.1, 0.15) is 24.8 Å². The molecule has 0 heterocycles. The Hall–Kier alpha value is -1.66. The second kappa shape index (κ2) is 7.21. The van der Waals surface area contributed by atoms with Crippen LogP contribution in [0.25, 0.3) is 0 Å². The van der Waals surface area contributed by atoms with E-state index >= 15 is 0 Å². The monoisotopic (exact) mass is 299 g/mol. The summed E-state index contributed by atoms with van der Waals surface area (Å²) in [5, 5.41) is 13.6. The van der Waals surface area contributed by atoms with Crippen LogP contribution >= 0.6 is 12.4 Å². The number of amides is 1. The van der Waals surface area contributed by atoms with Gasteiger partial charge in [-0.05, 0) is 19.3 Å². The number of nitrogens with zero attached hydrogens (tertiary/aromatic N) is 1. The predicted molar refractivity (Wildman–Crippen MR) is 77.5 cm³/mol. The Balaban J connectivity index is 0.00000200. The van der Waals surface area contributed by atoms with Crippen LogP contribution in [0.2, 0.25) is 0 Å². The molecule has 0 aromatic heterocycles. The Labute approximate surface area is 123 Å². The minimum atomic E-state index is -0.438. The fourth-order valence-electron chi connectivity index (χ4n) is 2.42. The topological polar surface area (TPSA) is 98.3 Å². The molecule has 1 aliphatic carbocycles. The molecule has 1 saturated carbocycles. The zero-order valence-electron chi connectivity index (χ0n) is 11.0. The number of hydrogen-bond donors (Lipinski definition) is 2. The third kappa shape index (κ3) is 3.91. The summed E-state index contributed by atoms with van der Waals surface area (Å²) in [4.78, 5) is 22.3. The van der Waals surface area contributed by atoms with Crippen molar-refractivity contribution in [2.24, 2.45) is 11.7 Å². The van der Waals surface area contributed by atoms with Crippen LogP contribution < -0.4 is 11.1 Å². The number of nitro benzene ring substituents is 1. The number of benzene rings is 1. The fraction of sp³-hybridized carbons (Fsp3) is 0.462. The van der Waals surface area contributed by atoms with Crippen LogP contribution in [0, 0.1) is 16.0 Å². The molecular formula is C13H18ClN3O3. The summed E-state index contributed by atoms with van der Waals surface area (Å²) in [5.41, 5.74) is 6.31. The van der Waals surface area contributed by atoms with Crippen molar-refractivity contribution in [2.75, 3.05) is 0 Å². The lowest BCUT2D eigenvalue weighted by atomic mass is 10.1. The minimum Gasteiger partial charge on any atom is -0.352 e. The predicted octanol–water partition coefficient (Wildman–Crippen LogP) is 1.76. The maximum atomic E-state index is 11.9. The summed E-state index contributed by atoms with van der Waals surface area (Å²) in [6.07, 6.45) is 2.36. The van der Waals surface area contributed by atoms with Crippen LogP contribution in [0.3, 0.4) is 0 Å². The number of rotatable bonds is 4. The SMILES string of the molecule is Cl.NC1CCC(C(=O)NCc2ccccc2[N+](=O)[O-])C1. The van der Waals surface area contributed by atoms with Gasteiger partial charge in [0.1, 0.15) is 0 Å².